The lowest BCUT2D eigenvalue weighted by molar-refractivity contribution is -0.140. The average molecular weight is 392 g/mol. The van der Waals surface area contributed by atoms with Gasteiger partial charge in [-0.25, -0.2) is 13.1 Å². The van der Waals surface area contributed by atoms with Crippen molar-refractivity contribution in [1.29, 1.82) is 0 Å². The SMILES string of the molecule is C=C1CC(=O)C2(CN[C@@H](C(=O)NS(=O)(=O)c3ccc(OC)cc3)C2)C(=O)C1. The Morgan fingerprint density at radius 2 is 1.81 bits per heavy atom. The van der Waals surface area contributed by atoms with Gasteiger partial charge < -0.3 is 10.1 Å². The molecule has 144 valence electrons. The third-order valence-corrected chi connectivity index (χ3v) is 6.38. The van der Waals surface area contributed by atoms with E-state index >= 15 is 0 Å². The van der Waals surface area contributed by atoms with Gasteiger partial charge in [-0.05, 0) is 30.7 Å². The van der Waals surface area contributed by atoms with E-state index in [0.29, 0.717) is 11.3 Å². The molecule has 1 saturated heterocycles. The highest BCUT2D eigenvalue weighted by molar-refractivity contribution is 7.90. The number of carbonyl (C=O) groups excluding carboxylic acids is 3. The lowest BCUT2D eigenvalue weighted by Crippen LogP contribution is -2.45. The van der Waals surface area contributed by atoms with Crippen LogP contribution in [0.4, 0.5) is 0 Å². The minimum atomic E-state index is -4.08. The van der Waals surface area contributed by atoms with Gasteiger partial charge in [0.15, 0.2) is 11.6 Å². The van der Waals surface area contributed by atoms with Gasteiger partial charge in [0.25, 0.3) is 15.9 Å². The van der Waals surface area contributed by atoms with Crippen molar-refractivity contribution in [2.24, 2.45) is 5.41 Å². The predicted molar refractivity (Wildman–Crippen MR) is 95.6 cm³/mol. The number of ether oxygens (including phenoxy) is 1. The first-order valence-electron chi connectivity index (χ1n) is 8.35. The summed E-state index contributed by atoms with van der Waals surface area (Å²) in [5, 5.41) is 2.82. The molecule has 2 fully saturated rings. The molecule has 3 rings (SSSR count). The fourth-order valence-corrected chi connectivity index (χ4v) is 4.45. The number of ketones is 2. The standard InChI is InChI=1S/C18H20N2O6S/c1-11-7-15(21)18(16(22)8-11)9-14(19-10-18)17(23)20-27(24,25)13-5-3-12(26-2)4-6-13/h3-6,14,19H,1,7-10H2,2H3,(H,20,23)/t14-/m1/s1. The highest BCUT2D eigenvalue weighted by Gasteiger charge is 2.53. The van der Waals surface area contributed by atoms with E-state index in [9.17, 15) is 22.8 Å². The number of sulfonamides is 1. The van der Waals surface area contributed by atoms with Gasteiger partial charge in [-0.3, -0.25) is 14.4 Å². The number of benzene rings is 1. The summed E-state index contributed by atoms with van der Waals surface area (Å²) in [4.78, 5) is 37.1. The fraction of sp³-hybridized carbons (Fsp3) is 0.389. The minimum Gasteiger partial charge on any atom is -0.497 e. The van der Waals surface area contributed by atoms with E-state index in [1.807, 2.05) is 4.72 Å². The zero-order valence-corrected chi connectivity index (χ0v) is 15.6. The normalized spacial score (nSPS) is 22.1. The van der Waals surface area contributed by atoms with Crippen LogP contribution in [-0.4, -0.2) is 45.6 Å². The number of rotatable bonds is 4. The van der Waals surface area contributed by atoms with E-state index < -0.39 is 27.4 Å². The molecule has 0 bridgehead atoms. The topological polar surface area (TPSA) is 119 Å². The molecule has 1 atom stereocenters. The Bertz CT molecular complexity index is 900. The Labute approximate surface area is 157 Å². The molecule has 1 saturated carbocycles. The summed E-state index contributed by atoms with van der Waals surface area (Å²) in [5.41, 5.74) is -0.710. The predicted octanol–water partition coefficient (Wildman–Crippen LogP) is 0.337. The summed E-state index contributed by atoms with van der Waals surface area (Å²) in [5.74, 6) is -0.864. The first kappa shape index (κ1) is 19.2. The van der Waals surface area contributed by atoms with E-state index in [1.165, 1.54) is 31.4 Å². The van der Waals surface area contributed by atoms with Crippen LogP contribution in [0.3, 0.4) is 0 Å². The molecule has 8 nitrogen and oxygen atoms in total. The molecule has 1 amide bonds. The zero-order chi connectivity index (χ0) is 19.8. The first-order valence-corrected chi connectivity index (χ1v) is 9.83. The minimum absolute atomic E-state index is 0.0264. The molecule has 1 spiro atoms. The Morgan fingerprint density at radius 3 is 2.37 bits per heavy atom. The largest absolute Gasteiger partial charge is 0.497 e. The molecule has 1 aromatic carbocycles. The molecule has 27 heavy (non-hydrogen) atoms. The number of hydrogen-bond donors (Lipinski definition) is 2. The third-order valence-electron chi connectivity index (χ3n) is 5.01. The maximum absolute atomic E-state index is 12.4. The van der Waals surface area contributed by atoms with E-state index in [2.05, 4.69) is 11.9 Å². The number of carbonyl (C=O) groups is 3. The summed E-state index contributed by atoms with van der Waals surface area (Å²) in [6, 6.07) is 4.62. The number of allylic oxidation sites excluding steroid dienone is 1. The quantitative estimate of drug-likeness (QED) is 0.560. The van der Waals surface area contributed by atoms with Crippen molar-refractivity contribution >= 4 is 27.5 Å². The lowest BCUT2D eigenvalue weighted by atomic mass is 9.69. The Morgan fingerprint density at radius 1 is 1.22 bits per heavy atom. The van der Waals surface area contributed by atoms with Crippen LogP contribution in [0.15, 0.2) is 41.3 Å². The average Bonchev–Trinajstić information content (AvgIpc) is 3.07. The van der Waals surface area contributed by atoms with Crippen LogP contribution in [0, 0.1) is 5.41 Å². The maximum Gasteiger partial charge on any atom is 0.264 e. The molecule has 0 unspecified atom stereocenters. The van der Waals surface area contributed by atoms with Gasteiger partial charge in [0.1, 0.15) is 11.2 Å². The maximum atomic E-state index is 12.4. The molecular formula is C18H20N2O6S. The molecule has 1 heterocycles. The molecule has 9 heteroatoms. The second-order valence-corrected chi connectivity index (χ2v) is 8.50. The third kappa shape index (κ3) is 3.52. The Hall–Kier alpha value is -2.52. The van der Waals surface area contributed by atoms with Crippen LogP contribution < -0.4 is 14.8 Å². The molecule has 0 radical (unpaired) electrons. The number of methoxy groups -OCH3 is 1. The van der Waals surface area contributed by atoms with Crippen molar-refractivity contribution in [2.75, 3.05) is 13.7 Å². The molecule has 2 aliphatic rings. The molecular weight excluding hydrogens is 372 g/mol. The highest BCUT2D eigenvalue weighted by atomic mass is 32.2. The van der Waals surface area contributed by atoms with Gasteiger partial charge in [0.2, 0.25) is 0 Å². The summed E-state index contributed by atoms with van der Waals surface area (Å²) in [6.45, 7) is 3.71. The van der Waals surface area contributed by atoms with Gasteiger partial charge in [-0.15, -0.1) is 0 Å². The number of Topliss-reactive ketones (excluding diaryl/α,β-unsaturated/α-hetero) is 2. The summed E-state index contributed by atoms with van der Waals surface area (Å²) >= 11 is 0. The highest BCUT2D eigenvalue weighted by Crippen LogP contribution is 2.39. The number of nitrogens with one attached hydrogen (secondary N) is 2. The van der Waals surface area contributed by atoms with Crippen molar-refractivity contribution in [3.05, 3.63) is 36.4 Å². The van der Waals surface area contributed by atoms with Gasteiger partial charge >= 0.3 is 0 Å². The fourth-order valence-electron chi connectivity index (χ4n) is 3.43. The number of amides is 1. The second kappa shape index (κ2) is 6.90. The van der Waals surface area contributed by atoms with Gasteiger partial charge in [-0.2, -0.15) is 0 Å². The van der Waals surface area contributed by atoms with Crippen LogP contribution in [-0.2, 0) is 24.4 Å². The van der Waals surface area contributed by atoms with Crippen LogP contribution in [0.5, 0.6) is 5.75 Å². The summed E-state index contributed by atoms with van der Waals surface area (Å²) in [6.07, 6.45) is 0.153. The lowest BCUT2D eigenvalue weighted by Gasteiger charge is -2.30. The van der Waals surface area contributed by atoms with Crippen LogP contribution in [0.25, 0.3) is 0 Å². The van der Waals surface area contributed by atoms with Crippen LogP contribution in [0.1, 0.15) is 19.3 Å². The van der Waals surface area contributed by atoms with E-state index in [0.717, 1.165) is 0 Å². The van der Waals surface area contributed by atoms with Gasteiger partial charge in [0.05, 0.1) is 18.0 Å². The van der Waals surface area contributed by atoms with E-state index in [1.54, 1.807) is 0 Å². The Balaban J connectivity index is 1.72. The summed E-state index contributed by atoms with van der Waals surface area (Å²) < 4.78 is 31.8. The van der Waals surface area contributed by atoms with Crippen molar-refractivity contribution in [2.45, 2.75) is 30.2 Å². The second-order valence-electron chi connectivity index (χ2n) is 6.81. The molecule has 0 aromatic heterocycles. The zero-order valence-electron chi connectivity index (χ0n) is 14.8. The molecule has 2 N–H and O–H groups in total. The molecule has 1 aliphatic heterocycles. The van der Waals surface area contributed by atoms with Crippen molar-refractivity contribution in [1.82, 2.24) is 10.0 Å². The molecule has 1 aliphatic carbocycles. The van der Waals surface area contributed by atoms with Crippen LogP contribution in [0.2, 0.25) is 0 Å². The van der Waals surface area contributed by atoms with Crippen molar-refractivity contribution in [3.63, 3.8) is 0 Å². The first-order chi connectivity index (χ1) is 12.7. The molecule has 1 aromatic rings. The van der Waals surface area contributed by atoms with Crippen molar-refractivity contribution in [3.8, 4) is 5.75 Å². The number of hydrogen-bond acceptors (Lipinski definition) is 7. The smallest absolute Gasteiger partial charge is 0.264 e. The monoisotopic (exact) mass is 392 g/mol. The summed E-state index contributed by atoms with van der Waals surface area (Å²) in [7, 11) is -2.62. The Kier molecular flexibility index (Phi) is 4.92. The van der Waals surface area contributed by atoms with Gasteiger partial charge in [-0.1, -0.05) is 12.2 Å². The van der Waals surface area contributed by atoms with E-state index in [-0.39, 0.29) is 42.3 Å². The van der Waals surface area contributed by atoms with E-state index in [4.69, 9.17) is 4.74 Å². The van der Waals surface area contributed by atoms with Crippen LogP contribution >= 0.6 is 0 Å². The van der Waals surface area contributed by atoms with Crippen molar-refractivity contribution < 1.29 is 27.5 Å². The van der Waals surface area contributed by atoms with Gasteiger partial charge in [0, 0.05) is 19.4 Å².